The number of benzene rings is 2. The Morgan fingerprint density at radius 1 is 1.18 bits per heavy atom. The van der Waals surface area contributed by atoms with Crippen molar-refractivity contribution in [3.05, 3.63) is 65.0 Å². The Kier molecular flexibility index (Phi) is 5.21. The molecule has 2 heterocycles. The molecule has 1 unspecified atom stereocenters. The topological polar surface area (TPSA) is 59.8 Å². The highest BCUT2D eigenvalue weighted by atomic mass is 32.1. The van der Waals surface area contributed by atoms with Crippen LogP contribution in [0, 0.1) is 0 Å². The fourth-order valence-electron chi connectivity index (χ4n) is 3.23. The molecule has 0 saturated carbocycles. The average molecular weight is 391 g/mol. The van der Waals surface area contributed by atoms with E-state index in [1.807, 2.05) is 46.3 Å². The van der Waals surface area contributed by atoms with E-state index in [1.54, 1.807) is 5.51 Å². The molecule has 0 bridgehead atoms. The van der Waals surface area contributed by atoms with Gasteiger partial charge in [0, 0.05) is 11.1 Å². The Morgan fingerprint density at radius 3 is 2.68 bits per heavy atom. The molecule has 6 heteroatoms. The number of fused-ring (bicyclic) bond motifs is 1. The lowest BCUT2D eigenvalue weighted by Gasteiger charge is -2.12. The van der Waals surface area contributed by atoms with E-state index in [0.29, 0.717) is 11.7 Å². The lowest BCUT2D eigenvalue weighted by Crippen LogP contribution is -2.19. The zero-order valence-corrected chi connectivity index (χ0v) is 16.7. The number of nitrogens with one attached hydrogen (secondary N) is 1. The zero-order valence-electron chi connectivity index (χ0n) is 15.9. The normalized spacial score (nSPS) is 12.2. The monoisotopic (exact) mass is 390 g/mol. The van der Waals surface area contributed by atoms with E-state index in [4.69, 9.17) is 0 Å². The van der Waals surface area contributed by atoms with Crippen molar-refractivity contribution < 1.29 is 4.79 Å². The first-order valence-electron chi connectivity index (χ1n) is 9.39. The van der Waals surface area contributed by atoms with E-state index in [9.17, 15) is 4.79 Å². The van der Waals surface area contributed by atoms with Gasteiger partial charge in [-0.2, -0.15) is 0 Å². The average Bonchev–Trinajstić information content (AvgIpc) is 3.36. The number of carbonyl (C=O) groups excluding carboxylic acids is 1. The first kappa shape index (κ1) is 18.4. The second-order valence-electron chi connectivity index (χ2n) is 6.86. The maximum atomic E-state index is 12.7. The van der Waals surface area contributed by atoms with E-state index in [2.05, 4.69) is 41.3 Å². The van der Waals surface area contributed by atoms with Crippen LogP contribution in [0.2, 0.25) is 0 Å². The number of imidazole rings is 1. The molecule has 1 atom stereocenters. The summed E-state index contributed by atoms with van der Waals surface area (Å²) in [6.45, 7) is 4.56. The van der Waals surface area contributed by atoms with Crippen LogP contribution in [0.1, 0.15) is 31.7 Å². The molecule has 28 heavy (non-hydrogen) atoms. The first-order valence-corrected chi connectivity index (χ1v) is 10.3. The van der Waals surface area contributed by atoms with Crippen LogP contribution < -0.4 is 5.32 Å². The molecule has 0 aliphatic rings. The van der Waals surface area contributed by atoms with E-state index in [1.165, 1.54) is 16.9 Å². The molecule has 4 aromatic rings. The van der Waals surface area contributed by atoms with Gasteiger partial charge in [0.15, 0.2) is 5.82 Å². The minimum Gasteiger partial charge on any atom is -0.325 e. The fourth-order valence-corrected chi connectivity index (χ4v) is 3.76. The van der Waals surface area contributed by atoms with E-state index >= 15 is 0 Å². The largest absolute Gasteiger partial charge is 0.325 e. The summed E-state index contributed by atoms with van der Waals surface area (Å²) in [5.41, 5.74) is 6.43. The third-order valence-corrected chi connectivity index (χ3v) is 5.58. The van der Waals surface area contributed by atoms with Crippen molar-refractivity contribution >= 4 is 34.0 Å². The molecular formula is C22H22N4OS. The van der Waals surface area contributed by atoms with Crippen molar-refractivity contribution in [2.45, 2.75) is 32.7 Å². The Hall–Kier alpha value is -2.99. The number of thiazole rings is 1. The lowest BCUT2D eigenvalue weighted by atomic mass is 9.99. The molecule has 0 fully saturated rings. The number of hydrogen-bond acceptors (Lipinski definition) is 4. The van der Waals surface area contributed by atoms with Crippen molar-refractivity contribution in [1.82, 2.24) is 14.5 Å². The highest BCUT2D eigenvalue weighted by Crippen LogP contribution is 2.25. The standard InChI is InChI=1S/C22H22N4OS/c1-3-15(2)16-8-10-17(11-9-16)24-21(27)12-26-20-7-5-4-6-18(20)25-22(26)19-13-28-14-23-19/h4-11,13-15H,3,12H2,1-2H3,(H,24,27). The summed E-state index contributed by atoms with van der Waals surface area (Å²) >= 11 is 1.51. The maximum absolute atomic E-state index is 12.7. The number of amides is 1. The van der Waals surface area contributed by atoms with Gasteiger partial charge in [0.25, 0.3) is 0 Å². The third kappa shape index (κ3) is 3.68. The molecule has 0 spiro atoms. The van der Waals surface area contributed by atoms with E-state index in [0.717, 1.165) is 28.8 Å². The molecular weight excluding hydrogens is 368 g/mol. The number of aromatic nitrogens is 3. The van der Waals surface area contributed by atoms with E-state index < -0.39 is 0 Å². The van der Waals surface area contributed by atoms with Crippen molar-refractivity contribution in [3.63, 3.8) is 0 Å². The highest BCUT2D eigenvalue weighted by molar-refractivity contribution is 7.07. The van der Waals surface area contributed by atoms with Gasteiger partial charge in [-0.1, -0.05) is 38.1 Å². The number of para-hydroxylation sites is 2. The molecule has 2 aromatic heterocycles. The van der Waals surface area contributed by atoms with Gasteiger partial charge in [-0.05, 0) is 42.2 Å². The summed E-state index contributed by atoms with van der Waals surface area (Å²) < 4.78 is 1.92. The van der Waals surface area contributed by atoms with E-state index in [-0.39, 0.29) is 12.5 Å². The van der Waals surface area contributed by atoms with Crippen molar-refractivity contribution in [2.24, 2.45) is 0 Å². The van der Waals surface area contributed by atoms with Crippen molar-refractivity contribution in [1.29, 1.82) is 0 Å². The van der Waals surface area contributed by atoms with Gasteiger partial charge in [-0.25, -0.2) is 9.97 Å². The van der Waals surface area contributed by atoms with Gasteiger partial charge in [0.2, 0.25) is 5.91 Å². The Labute approximate surface area is 168 Å². The van der Waals surface area contributed by atoms with Gasteiger partial charge in [0.1, 0.15) is 12.2 Å². The second kappa shape index (κ2) is 7.94. The van der Waals surface area contributed by atoms with Crippen molar-refractivity contribution in [2.75, 3.05) is 5.32 Å². The molecule has 1 N–H and O–H groups in total. The maximum Gasteiger partial charge on any atom is 0.244 e. The minimum absolute atomic E-state index is 0.0871. The molecule has 0 saturated heterocycles. The third-order valence-electron chi connectivity index (χ3n) is 4.99. The number of rotatable bonds is 6. The highest BCUT2D eigenvalue weighted by Gasteiger charge is 2.16. The smallest absolute Gasteiger partial charge is 0.244 e. The fraction of sp³-hybridized carbons (Fsp3) is 0.227. The molecule has 5 nitrogen and oxygen atoms in total. The van der Waals surface area contributed by atoms with Crippen LogP contribution in [0.15, 0.2) is 59.4 Å². The molecule has 142 valence electrons. The Bertz CT molecular complexity index is 1080. The predicted molar refractivity (Wildman–Crippen MR) is 115 cm³/mol. The van der Waals surface area contributed by atoms with Crippen LogP contribution in [0.3, 0.4) is 0 Å². The summed E-state index contributed by atoms with van der Waals surface area (Å²) in [5, 5.41) is 4.94. The minimum atomic E-state index is -0.0871. The lowest BCUT2D eigenvalue weighted by molar-refractivity contribution is -0.116. The molecule has 0 radical (unpaired) electrons. The Balaban J connectivity index is 1.58. The van der Waals surface area contributed by atoms with Crippen LogP contribution in [0.4, 0.5) is 5.69 Å². The molecule has 0 aliphatic carbocycles. The Morgan fingerprint density at radius 2 is 1.96 bits per heavy atom. The second-order valence-corrected chi connectivity index (χ2v) is 7.58. The van der Waals surface area contributed by atoms with Crippen LogP contribution in [-0.4, -0.2) is 20.4 Å². The summed E-state index contributed by atoms with van der Waals surface area (Å²) in [6, 6.07) is 15.9. The number of carbonyl (C=O) groups is 1. The SMILES string of the molecule is CCC(C)c1ccc(NC(=O)Cn2c(-c3cscn3)nc3ccccc32)cc1. The summed E-state index contributed by atoms with van der Waals surface area (Å²) in [7, 11) is 0. The molecule has 4 rings (SSSR count). The molecule has 1 amide bonds. The quantitative estimate of drug-likeness (QED) is 0.485. The van der Waals surface area contributed by atoms with Crippen LogP contribution in [0.25, 0.3) is 22.6 Å². The number of hydrogen-bond donors (Lipinski definition) is 1. The summed E-state index contributed by atoms with van der Waals surface area (Å²) in [5.74, 6) is 1.14. The first-order chi connectivity index (χ1) is 13.7. The predicted octanol–water partition coefficient (Wildman–Crippen LogP) is 5.31. The molecule has 0 aliphatic heterocycles. The number of nitrogens with zero attached hydrogens (tertiary/aromatic N) is 3. The number of anilines is 1. The van der Waals surface area contributed by atoms with Gasteiger partial charge in [0.05, 0.1) is 16.5 Å². The zero-order chi connectivity index (χ0) is 19.5. The van der Waals surface area contributed by atoms with Crippen LogP contribution >= 0.6 is 11.3 Å². The van der Waals surface area contributed by atoms with Gasteiger partial charge >= 0.3 is 0 Å². The van der Waals surface area contributed by atoms with Gasteiger partial charge in [-0.3, -0.25) is 4.79 Å². The van der Waals surface area contributed by atoms with Crippen LogP contribution in [-0.2, 0) is 11.3 Å². The van der Waals surface area contributed by atoms with Crippen molar-refractivity contribution in [3.8, 4) is 11.5 Å². The van der Waals surface area contributed by atoms with Gasteiger partial charge < -0.3 is 9.88 Å². The summed E-state index contributed by atoms with van der Waals surface area (Å²) in [4.78, 5) is 21.8. The van der Waals surface area contributed by atoms with Gasteiger partial charge in [-0.15, -0.1) is 11.3 Å². The summed E-state index contributed by atoms with van der Waals surface area (Å²) in [6.07, 6.45) is 1.10. The molecule has 2 aromatic carbocycles. The van der Waals surface area contributed by atoms with Crippen LogP contribution in [0.5, 0.6) is 0 Å².